The summed E-state index contributed by atoms with van der Waals surface area (Å²) in [4.78, 5) is 3.86. The van der Waals surface area contributed by atoms with E-state index in [9.17, 15) is 18.3 Å². The third kappa shape index (κ3) is 3.63. The van der Waals surface area contributed by atoms with Gasteiger partial charge in [0.2, 0.25) is 0 Å². The smallest absolute Gasteiger partial charge is 0.388 e. The fraction of sp³-hybridized carbons (Fsp3) is 0.267. The molecule has 0 spiro atoms. The molecule has 2 atom stereocenters. The van der Waals surface area contributed by atoms with E-state index in [1.54, 1.807) is 31.5 Å². The van der Waals surface area contributed by atoms with Gasteiger partial charge in [0.05, 0.1) is 11.7 Å². The maximum absolute atomic E-state index is 13.1. The molecular formula is C15H13BrF3NO. The molecule has 2 nitrogen and oxygen atoms in total. The third-order valence-corrected chi connectivity index (χ3v) is 3.84. The second-order valence-electron chi connectivity index (χ2n) is 4.74. The van der Waals surface area contributed by atoms with Gasteiger partial charge in [-0.1, -0.05) is 28.9 Å². The van der Waals surface area contributed by atoms with E-state index in [0.29, 0.717) is 4.47 Å². The van der Waals surface area contributed by atoms with E-state index < -0.39 is 23.8 Å². The molecule has 0 aliphatic heterocycles. The molecule has 0 aliphatic rings. The Hall–Kier alpha value is -1.40. The first-order chi connectivity index (χ1) is 9.80. The van der Waals surface area contributed by atoms with Crippen molar-refractivity contribution in [3.05, 3.63) is 63.9 Å². The number of hydrogen-bond acceptors (Lipinski definition) is 2. The highest BCUT2D eigenvalue weighted by molar-refractivity contribution is 9.10. The lowest BCUT2D eigenvalue weighted by Crippen LogP contribution is -2.15. The minimum absolute atomic E-state index is 0.130. The van der Waals surface area contributed by atoms with Crippen molar-refractivity contribution in [3.63, 3.8) is 0 Å². The van der Waals surface area contributed by atoms with Gasteiger partial charge in [-0.15, -0.1) is 0 Å². The molecule has 1 aromatic heterocycles. The largest absolute Gasteiger partial charge is 0.416 e. The van der Waals surface area contributed by atoms with E-state index in [-0.39, 0.29) is 5.56 Å². The normalized spacial score (nSPS) is 14.8. The molecule has 0 saturated carbocycles. The van der Waals surface area contributed by atoms with Crippen molar-refractivity contribution in [2.24, 2.45) is 0 Å². The minimum Gasteiger partial charge on any atom is -0.388 e. The van der Waals surface area contributed by atoms with Crippen LogP contribution in [-0.4, -0.2) is 10.1 Å². The van der Waals surface area contributed by atoms with Crippen LogP contribution in [0.15, 0.2) is 47.2 Å². The average Bonchev–Trinajstić information content (AvgIpc) is 2.45. The number of aliphatic hydroxyl groups is 1. The number of alkyl halides is 3. The maximum Gasteiger partial charge on any atom is 0.416 e. The van der Waals surface area contributed by atoms with Crippen LogP contribution in [0.2, 0.25) is 0 Å². The first-order valence-electron chi connectivity index (χ1n) is 6.25. The van der Waals surface area contributed by atoms with Gasteiger partial charge in [-0.25, -0.2) is 0 Å². The molecule has 0 aliphatic carbocycles. The van der Waals surface area contributed by atoms with Gasteiger partial charge in [-0.2, -0.15) is 13.2 Å². The lowest BCUT2D eigenvalue weighted by molar-refractivity contribution is -0.139. The zero-order valence-electron chi connectivity index (χ0n) is 11.1. The first-order valence-corrected chi connectivity index (χ1v) is 7.04. The van der Waals surface area contributed by atoms with Crippen LogP contribution in [-0.2, 0) is 6.18 Å². The number of halogens is 4. The van der Waals surface area contributed by atoms with Crippen LogP contribution in [0.25, 0.3) is 0 Å². The average molecular weight is 360 g/mol. The van der Waals surface area contributed by atoms with E-state index in [1.165, 1.54) is 12.1 Å². The zero-order valence-corrected chi connectivity index (χ0v) is 12.7. The maximum atomic E-state index is 13.1. The quantitative estimate of drug-likeness (QED) is 0.861. The summed E-state index contributed by atoms with van der Waals surface area (Å²) in [7, 11) is 0. The topological polar surface area (TPSA) is 33.1 Å². The van der Waals surface area contributed by atoms with E-state index in [1.807, 2.05) is 0 Å². The molecule has 112 valence electrons. The number of nitrogens with zero attached hydrogens (tertiary/aromatic N) is 1. The van der Waals surface area contributed by atoms with Crippen LogP contribution >= 0.6 is 15.9 Å². The second kappa shape index (κ2) is 6.15. The highest BCUT2D eigenvalue weighted by Gasteiger charge is 2.36. The molecule has 0 amide bonds. The fourth-order valence-electron chi connectivity index (χ4n) is 2.15. The summed E-state index contributed by atoms with van der Waals surface area (Å²) in [6.07, 6.45) is -2.68. The molecule has 6 heteroatoms. The van der Waals surface area contributed by atoms with Gasteiger partial charge in [-0.3, -0.25) is 4.98 Å². The lowest BCUT2D eigenvalue weighted by atomic mass is 9.89. The molecule has 0 saturated heterocycles. The minimum atomic E-state index is -4.52. The summed E-state index contributed by atoms with van der Waals surface area (Å²) < 4.78 is 39.7. The molecule has 1 N–H and O–H groups in total. The molecule has 2 aromatic rings. The number of benzene rings is 1. The Bertz CT molecular complexity index is 616. The van der Waals surface area contributed by atoms with E-state index in [4.69, 9.17) is 0 Å². The molecule has 0 radical (unpaired) electrons. The Kier molecular flexibility index (Phi) is 4.68. The Morgan fingerprint density at radius 1 is 1.14 bits per heavy atom. The van der Waals surface area contributed by atoms with Crippen LogP contribution in [0.1, 0.15) is 35.6 Å². The first kappa shape index (κ1) is 16.0. The summed E-state index contributed by atoms with van der Waals surface area (Å²) in [5, 5.41) is 10.3. The molecule has 1 heterocycles. The predicted molar refractivity (Wildman–Crippen MR) is 76.8 cm³/mol. The number of pyridine rings is 1. The summed E-state index contributed by atoms with van der Waals surface area (Å²) >= 11 is 3.03. The summed E-state index contributed by atoms with van der Waals surface area (Å²) in [6, 6.07) is 7.14. The number of rotatable bonds is 3. The van der Waals surface area contributed by atoms with Crippen LogP contribution < -0.4 is 0 Å². The van der Waals surface area contributed by atoms with Crippen molar-refractivity contribution in [2.45, 2.75) is 25.1 Å². The molecule has 0 bridgehead atoms. The fourth-order valence-corrected chi connectivity index (χ4v) is 2.51. The Balaban J connectivity index is 2.42. The third-order valence-electron chi connectivity index (χ3n) is 3.34. The molecule has 1 aromatic carbocycles. The molecule has 2 rings (SSSR count). The van der Waals surface area contributed by atoms with Crippen LogP contribution in [0.5, 0.6) is 0 Å². The van der Waals surface area contributed by atoms with Crippen molar-refractivity contribution >= 4 is 15.9 Å². The van der Waals surface area contributed by atoms with Crippen molar-refractivity contribution in [2.75, 3.05) is 0 Å². The second-order valence-corrected chi connectivity index (χ2v) is 5.66. The lowest BCUT2D eigenvalue weighted by Gasteiger charge is -2.23. The Morgan fingerprint density at radius 3 is 2.33 bits per heavy atom. The van der Waals surface area contributed by atoms with Crippen molar-refractivity contribution in [1.29, 1.82) is 0 Å². The standard InChI is InChI=1S/C15H13BrF3NO/c1-9(10-4-6-20-7-5-10)14(21)12-3-2-11(16)8-13(12)15(17,18)19/h2-9,14,21H,1H3. The number of hydrogen-bond donors (Lipinski definition) is 1. The number of aliphatic hydroxyl groups excluding tert-OH is 1. The molecule has 0 fully saturated rings. The highest BCUT2D eigenvalue weighted by Crippen LogP contribution is 2.40. The van der Waals surface area contributed by atoms with Gasteiger partial charge in [0.1, 0.15) is 0 Å². The summed E-state index contributed by atoms with van der Waals surface area (Å²) in [6.45, 7) is 1.68. The van der Waals surface area contributed by atoms with Crippen molar-refractivity contribution in [1.82, 2.24) is 4.98 Å². The molecule has 21 heavy (non-hydrogen) atoms. The Labute approximate surface area is 128 Å². The molecular weight excluding hydrogens is 347 g/mol. The van der Waals surface area contributed by atoms with Gasteiger partial charge in [0, 0.05) is 22.8 Å². The number of aromatic nitrogens is 1. The van der Waals surface area contributed by atoms with E-state index in [2.05, 4.69) is 20.9 Å². The van der Waals surface area contributed by atoms with Gasteiger partial charge in [0.25, 0.3) is 0 Å². The van der Waals surface area contributed by atoms with Crippen molar-refractivity contribution in [3.8, 4) is 0 Å². The Morgan fingerprint density at radius 2 is 1.76 bits per heavy atom. The van der Waals surface area contributed by atoms with E-state index >= 15 is 0 Å². The monoisotopic (exact) mass is 359 g/mol. The summed E-state index contributed by atoms with van der Waals surface area (Å²) in [5.74, 6) is -0.477. The van der Waals surface area contributed by atoms with Gasteiger partial charge >= 0.3 is 6.18 Å². The predicted octanol–water partition coefficient (Wildman–Crippen LogP) is 4.70. The van der Waals surface area contributed by atoms with Crippen LogP contribution in [0, 0.1) is 0 Å². The highest BCUT2D eigenvalue weighted by atomic mass is 79.9. The SMILES string of the molecule is CC(c1ccncc1)C(O)c1ccc(Br)cc1C(F)(F)F. The van der Waals surface area contributed by atoms with Gasteiger partial charge in [0.15, 0.2) is 0 Å². The molecule has 2 unspecified atom stereocenters. The van der Waals surface area contributed by atoms with Crippen LogP contribution in [0.4, 0.5) is 13.2 Å². The van der Waals surface area contributed by atoms with Gasteiger partial charge < -0.3 is 5.11 Å². The summed E-state index contributed by atoms with van der Waals surface area (Å²) in [5.41, 5.74) is -0.228. The zero-order chi connectivity index (χ0) is 15.6. The van der Waals surface area contributed by atoms with Crippen molar-refractivity contribution < 1.29 is 18.3 Å². The van der Waals surface area contributed by atoms with E-state index in [0.717, 1.165) is 11.6 Å². The van der Waals surface area contributed by atoms with Crippen LogP contribution in [0.3, 0.4) is 0 Å². The van der Waals surface area contributed by atoms with Gasteiger partial charge in [-0.05, 0) is 35.4 Å².